The molecule has 0 aliphatic heterocycles. The molecule has 0 N–H and O–H groups in total. The van der Waals surface area contributed by atoms with Crippen LogP contribution in [0.4, 0.5) is 11.4 Å². The number of benzene rings is 3. The maximum atomic E-state index is 8.49. The summed E-state index contributed by atoms with van der Waals surface area (Å²) < 4.78 is 36.2. The molecule has 0 radical (unpaired) electrons. The van der Waals surface area contributed by atoms with Crippen LogP contribution in [-0.4, -0.2) is 33.2 Å². The van der Waals surface area contributed by atoms with Crippen LogP contribution < -0.4 is 32.8 Å². The summed E-state index contributed by atoms with van der Waals surface area (Å²) in [5.41, 5.74) is 9.02. The van der Waals surface area contributed by atoms with E-state index in [4.69, 9.17) is 23.6 Å². The summed E-state index contributed by atoms with van der Waals surface area (Å²) >= 11 is 1.66. The number of anilines is 2. The number of nitrogens with zero attached hydrogens (tertiary/aromatic N) is 4. The van der Waals surface area contributed by atoms with Crippen molar-refractivity contribution in [2.45, 2.75) is 0 Å². The number of halogens is 1. The molecule has 2 heterocycles. The number of rotatable bonds is 7. The van der Waals surface area contributed by atoms with Crippen molar-refractivity contribution in [1.29, 1.82) is 0 Å². The van der Waals surface area contributed by atoms with Crippen molar-refractivity contribution in [2.24, 2.45) is 0 Å². The van der Waals surface area contributed by atoms with Crippen LogP contribution in [-0.2, 0) is 0 Å². The first-order chi connectivity index (χ1) is 20.0. The zero-order valence-electron chi connectivity index (χ0n) is 23.7. The Morgan fingerprint density at radius 1 is 0.690 bits per heavy atom. The lowest BCUT2D eigenvalue weighted by Gasteiger charge is -2.17. The largest absolute Gasteiger partial charge is 0.388 e. The molecule has 5 rings (SSSR count). The first kappa shape index (κ1) is 30.9. The van der Waals surface area contributed by atoms with Crippen LogP contribution in [0.15, 0.2) is 90.3 Å². The van der Waals surface area contributed by atoms with Gasteiger partial charge in [-0.3, -0.25) is 0 Å². The van der Waals surface area contributed by atoms with E-state index in [1.165, 1.54) is 16.9 Å². The van der Waals surface area contributed by atoms with E-state index in [1.807, 2.05) is 6.07 Å². The molecule has 10 heteroatoms. The molecule has 0 aliphatic carbocycles. The Hall–Kier alpha value is -4.09. The molecule has 0 spiro atoms. The summed E-state index contributed by atoms with van der Waals surface area (Å²) in [7, 11) is 3.28. The Morgan fingerprint density at radius 2 is 1.19 bits per heavy atom. The molecule has 0 bridgehead atoms. The van der Waals surface area contributed by atoms with Crippen molar-refractivity contribution >= 4 is 52.0 Å². The minimum atomic E-state index is -4.94. The minimum Gasteiger partial charge on any atom is -0.378 e. The molecule has 216 valence electrons. The highest BCUT2D eigenvalue weighted by molar-refractivity contribution is 7.14. The second-order valence-electron chi connectivity index (χ2n) is 9.73. The second-order valence-corrected chi connectivity index (χ2v) is 11.3. The standard InChI is InChI=1S/C32H31N4S.ClHO4/c1-34(2)28-17-11-24(12-18-28)10-16-27-22-30(21-15-25-13-19-29(20-14-25)35(3)4)36-31(23-37-32(36)33-27)26-8-6-5-7-9-26;2-1(3,4)5/h5-23H,1-4H3;(H,2,3,4,5)/q+1;/p-1. The molecule has 2 aromatic heterocycles. The van der Waals surface area contributed by atoms with Gasteiger partial charge in [0.15, 0.2) is 11.4 Å². The van der Waals surface area contributed by atoms with Gasteiger partial charge in [-0.05, 0) is 63.9 Å². The normalized spacial score (nSPS) is 11.6. The van der Waals surface area contributed by atoms with E-state index >= 15 is 0 Å². The third kappa shape index (κ3) is 8.70. The van der Waals surface area contributed by atoms with Gasteiger partial charge in [0.2, 0.25) is 0 Å². The zero-order chi connectivity index (χ0) is 30.3. The first-order valence-corrected chi connectivity index (χ1v) is 15.0. The molecule has 0 unspecified atom stereocenters. The van der Waals surface area contributed by atoms with E-state index in [9.17, 15) is 0 Å². The Morgan fingerprint density at radius 3 is 1.69 bits per heavy atom. The Bertz CT molecular complexity index is 1660. The topological polar surface area (TPSA) is 116 Å². The SMILES string of the molecule is CN(C)c1ccc(/C=C/c2cc(/C=C/c3ccc(N(C)C)cc3)[n+]3c(-c4ccccc4)csc3n2)cc1.[O-][Cl+3]([O-])([O-])[O-]. The molecule has 42 heavy (non-hydrogen) atoms. The highest BCUT2D eigenvalue weighted by Gasteiger charge is 2.19. The highest BCUT2D eigenvalue weighted by atomic mass is 35.7. The van der Waals surface area contributed by atoms with Crippen LogP contribution in [0.2, 0.25) is 0 Å². The minimum absolute atomic E-state index is 0.931. The number of fused-ring (bicyclic) bond motifs is 1. The lowest BCUT2D eigenvalue weighted by molar-refractivity contribution is -2.00. The van der Waals surface area contributed by atoms with Crippen LogP contribution in [0.1, 0.15) is 22.5 Å². The number of hydrogen-bond donors (Lipinski definition) is 0. The fourth-order valence-electron chi connectivity index (χ4n) is 4.15. The lowest BCUT2D eigenvalue weighted by Crippen LogP contribution is -2.68. The van der Waals surface area contributed by atoms with E-state index in [-0.39, 0.29) is 0 Å². The van der Waals surface area contributed by atoms with Gasteiger partial charge in [-0.2, -0.15) is 4.40 Å². The molecule has 0 saturated heterocycles. The van der Waals surface area contributed by atoms with E-state index in [0.29, 0.717) is 0 Å². The summed E-state index contributed by atoms with van der Waals surface area (Å²) in [5, 5.41) is 2.19. The second kappa shape index (κ2) is 13.7. The van der Waals surface area contributed by atoms with Crippen LogP contribution in [0, 0.1) is 10.2 Å². The zero-order valence-corrected chi connectivity index (χ0v) is 25.3. The van der Waals surface area contributed by atoms with Gasteiger partial charge in [0.1, 0.15) is 5.69 Å². The number of hydrogen-bond acceptors (Lipinski definition) is 8. The van der Waals surface area contributed by atoms with Crippen molar-refractivity contribution in [3.8, 4) is 11.3 Å². The summed E-state index contributed by atoms with van der Waals surface area (Å²) in [6.45, 7) is 0. The number of aromatic nitrogens is 2. The van der Waals surface area contributed by atoms with Crippen LogP contribution >= 0.6 is 11.3 Å². The van der Waals surface area contributed by atoms with E-state index in [0.717, 1.165) is 33.2 Å². The Kier molecular flexibility index (Phi) is 10.1. The van der Waals surface area contributed by atoms with E-state index < -0.39 is 10.2 Å². The molecule has 0 aliphatic rings. The first-order valence-electron chi connectivity index (χ1n) is 12.9. The molecular weight excluding hydrogens is 572 g/mol. The van der Waals surface area contributed by atoms with Gasteiger partial charge < -0.3 is 9.80 Å². The fourth-order valence-corrected chi connectivity index (χ4v) is 5.07. The third-order valence-electron chi connectivity index (χ3n) is 6.27. The van der Waals surface area contributed by atoms with Gasteiger partial charge in [-0.25, -0.2) is 18.6 Å². The van der Waals surface area contributed by atoms with Crippen molar-refractivity contribution in [3.63, 3.8) is 0 Å². The molecule has 0 amide bonds. The van der Waals surface area contributed by atoms with Crippen LogP contribution in [0.25, 0.3) is 40.5 Å². The van der Waals surface area contributed by atoms with Crippen molar-refractivity contribution in [3.05, 3.63) is 113 Å². The summed E-state index contributed by atoms with van der Waals surface area (Å²) in [6.07, 6.45) is 8.57. The molecule has 3 aromatic carbocycles. The van der Waals surface area contributed by atoms with Crippen molar-refractivity contribution in [2.75, 3.05) is 38.0 Å². The molecule has 0 atom stereocenters. The van der Waals surface area contributed by atoms with E-state index in [2.05, 4.69) is 151 Å². The molecule has 5 aromatic rings. The van der Waals surface area contributed by atoms with Gasteiger partial charge >= 0.3 is 4.96 Å². The predicted octanol–water partition coefficient (Wildman–Crippen LogP) is 2.27. The molecule has 8 nitrogen and oxygen atoms in total. The van der Waals surface area contributed by atoms with E-state index in [1.54, 1.807) is 11.3 Å². The van der Waals surface area contributed by atoms with Gasteiger partial charge in [0.05, 0.1) is 0 Å². The third-order valence-corrected chi connectivity index (χ3v) is 7.09. The average molecular weight is 603 g/mol. The highest BCUT2D eigenvalue weighted by Crippen LogP contribution is 2.23. The summed E-state index contributed by atoms with van der Waals surface area (Å²) in [6, 6.07) is 29.8. The number of thiazole rings is 1. The molecular formula is C32H31ClN4O4S. The quantitative estimate of drug-likeness (QED) is 0.262. The smallest absolute Gasteiger partial charge is 0.378 e. The Labute approximate surface area is 251 Å². The predicted molar refractivity (Wildman–Crippen MR) is 160 cm³/mol. The van der Waals surface area contributed by atoms with Crippen LogP contribution in [0.5, 0.6) is 0 Å². The fraction of sp³-hybridized carbons (Fsp3) is 0.125. The molecule has 0 fully saturated rings. The van der Waals surface area contributed by atoms with Gasteiger partial charge in [-0.15, -0.1) is 10.2 Å². The van der Waals surface area contributed by atoms with Crippen molar-refractivity contribution < 1.29 is 33.3 Å². The maximum Gasteiger partial charge on any atom is 0.388 e. The lowest BCUT2D eigenvalue weighted by atomic mass is 10.1. The van der Waals surface area contributed by atoms with Gasteiger partial charge in [0, 0.05) is 56.6 Å². The van der Waals surface area contributed by atoms with Gasteiger partial charge in [-0.1, -0.05) is 66.7 Å². The molecule has 0 saturated carbocycles. The summed E-state index contributed by atoms with van der Waals surface area (Å²) in [5.74, 6) is 0. The van der Waals surface area contributed by atoms with Crippen LogP contribution in [0.3, 0.4) is 0 Å². The monoisotopic (exact) mass is 602 g/mol. The average Bonchev–Trinajstić information content (AvgIpc) is 3.39. The Balaban J connectivity index is 0.000000748. The maximum absolute atomic E-state index is 8.49. The summed E-state index contributed by atoms with van der Waals surface area (Å²) in [4.78, 5) is 10.2. The van der Waals surface area contributed by atoms with Crippen molar-refractivity contribution in [1.82, 2.24) is 4.98 Å². The van der Waals surface area contributed by atoms with Gasteiger partial charge in [0.25, 0.3) is 0 Å².